The molecule has 0 aliphatic heterocycles. The summed E-state index contributed by atoms with van der Waals surface area (Å²) in [6.45, 7) is 2.10. The summed E-state index contributed by atoms with van der Waals surface area (Å²) in [7, 11) is 0. The van der Waals surface area contributed by atoms with Crippen molar-refractivity contribution in [3.05, 3.63) is 62.8 Å². The number of halogens is 2. The van der Waals surface area contributed by atoms with Gasteiger partial charge < -0.3 is 4.74 Å². The number of carbonyl (C=O) groups is 1. The van der Waals surface area contributed by atoms with Gasteiger partial charge in [0.05, 0.1) is 23.5 Å². The number of carbonyl (C=O) groups excluding carboxylic acids is 1. The maximum Gasteiger partial charge on any atom is 0.324 e. The highest BCUT2D eigenvalue weighted by atomic mass is 127. The summed E-state index contributed by atoms with van der Waals surface area (Å²) < 4.78 is 6.61. The van der Waals surface area contributed by atoms with Gasteiger partial charge in [-0.05, 0) is 83.8 Å². The number of fused-ring (bicyclic) bond motifs is 1. The minimum Gasteiger partial charge on any atom is -0.465 e. The molecular weight excluding hydrogens is 489 g/mol. The normalized spacial score (nSPS) is 16.0. The second-order valence-corrected chi connectivity index (χ2v) is 8.57. The third kappa shape index (κ3) is 3.59. The van der Waals surface area contributed by atoms with Crippen molar-refractivity contribution in [3.8, 4) is 0 Å². The Morgan fingerprint density at radius 3 is 2.79 bits per heavy atom. The Morgan fingerprint density at radius 2 is 2.11 bits per heavy atom. The summed E-state index contributed by atoms with van der Waals surface area (Å²) in [5.41, 5.74) is 0.796. The van der Waals surface area contributed by atoms with Gasteiger partial charge in [-0.2, -0.15) is 0 Å². The number of pyridine rings is 1. The van der Waals surface area contributed by atoms with Crippen LogP contribution in [0.5, 0.6) is 0 Å². The molecular formula is C21H19ClIN3O2. The van der Waals surface area contributed by atoms with Gasteiger partial charge in [-0.3, -0.25) is 9.78 Å². The van der Waals surface area contributed by atoms with Crippen molar-refractivity contribution in [1.29, 1.82) is 0 Å². The van der Waals surface area contributed by atoms with Gasteiger partial charge in [-0.15, -0.1) is 0 Å². The summed E-state index contributed by atoms with van der Waals surface area (Å²) >= 11 is 8.54. The Kier molecular flexibility index (Phi) is 5.51. The third-order valence-electron chi connectivity index (χ3n) is 5.05. The van der Waals surface area contributed by atoms with Crippen LogP contribution in [0.4, 0.5) is 0 Å². The molecule has 4 rings (SSSR count). The van der Waals surface area contributed by atoms with E-state index in [-0.39, 0.29) is 17.9 Å². The molecule has 28 heavy (non-hydrogen) atoms. The van der Waals surface area contributed by atoms with Gasteiger partial charge in [0.1, 0.15) is 0 Å². The number of hydrogen-bond donors (Lipinski definition) is 0. The molecule has 1 fully saturated rings. The van der Waals surface area contributed by atoms with E-state index in [1.165, 1.54) is 0 Å². The predicted molar refractivity (Wildman–Crippen MR) is 116 cm³/mol. The van der Waals surface area contributed by atoms with E-state index in [0.717, 1.165) is 21.8 Å². The van der Waals surface area contributed by atoms with Crippen molar-refractivity contribution in [2.75, 3.05) is 6.61 Å². The molecule has 0 radical (unpaired) electrons. The molecule has 2 heterocycles. The lowest BCUT2D eigenvalue weighted by Gasteiger charge is -2.31. The molecule has 0 spiro atoms. The van der Waals surface area contributed by atoms with E-state index in [9.17, 15) is 4.79 Å². The standard InChI is InChI=1S/C21H19ClIN3O2/c1-2-28-19(27)21(12-13-6-7-13,17-5-3-4-10-24-17)18-15-11-14(23)8-9-16(15)25-20(22)26-18/h3-5,8-11,13H,2,6-7,12H2,1H3. The van der Waals surface area contributed by atoms with Gasteiger partial charge in [0.25, 0.3) is 0 Å². The Bertz CT molecular complexity index is 1030. The second kappa shape index (κ2) is 7.91. The highest BCUT2D eigenvalue weighted by molar-refractivity contribution is 14.1. The molecule has 0 saturated heterocycles. The van der Waals surface area contributed by atoms with Gasteiger partial charge in [0.15, 0.2) is 5.41 Å². The van der Waals surface area contributed by atoms with E-state index in [0.29, 0.717) is 29.2 Å². The molecule has 1 unspecified atom stereocenters. The number of benzene rings is 1. The number of hydrogen-bond acceptors (Lipinski definition) is 5. The molecule has 0 bridgehead atoms. The molecule has 1 aliphatic carbocycles. The summed E-state index contributed by atoms with van der Waals surface area (Å²) in [6, 6.07) is 11.5. The summed E-state index contributed by atoms with van der Waals surface area (Å²) in [4.78, 5) is 27.0. The zero-order valence-corrected chi connectivity index (χ0v) is 18.3. The van der Waals surface area contributed by atoms with Crippen molar-refractivity contribution in [1.82, 2.24) is 15.0 Å². The number of esters is 1. The molecule has 7 heteroatoms. The van der Waals surface area contributed by atoms with E-state index < -0.39 is 5.41 Å². The van der Waals surface area contributed by atoms with E-state index in [4.69, 9.17) is 16.3 Å². The van der Waals surface area contributed by atoms with Crippen molar-refractivity contribution in [2.24, 2.45) is 5.92 Å². The molecule has 144 valence electrons. The van der Waals surface area contributed by atoms with Crippen LogP contribution in [0.25, 0.3) is 10.9 Å². The molecule has 1 aromatic carbocycles. The quantitative estimate of drug-likeness (QED) is 0.269. The van der Waals surface area contributed by atoms with Crippen LogP contribution in [0.3, 0.4) is 0 Å². The van der Waals surface area contributed by atoms with Gasteiger partial charge in [0.2, 0.25) is 5.28 Å². The van der Waals surface area contributed by atoms with Crippen LogP contribution in [-0.2, 0) is 14.9 Å². The van der Waals surface area contributed by atoms with Crippen molar-refractivity contribution >= 4 is 51.1 Å². The minimum atomic E-state index is -1.12. The predicted octanol–water partition coefficient (Wildman–Crippen LogP) is 4.93. The first-order valence-electron chi connectivity index (χ1n) is 9.26. The highest BCUT2D eigenvalue weighted by Crippen LogP contribution is 2.47. The largest absolute Gasteiger partial charge is 0.465 e. The molecule has 5 nitrogen and oxygen atoms in total. The van der Waals surface area contributed by atoms with Crippen LogP contribution in [0.1, 0.15) is 37.6 Å². The summed E-state index contributed by atoms with van der Waals surface area (Å²) in [5, 5.41) is 0.916. The highest BCUT2D eigenvalue weighted by Gasteiger charge is 2.50. The number of nitrogens with zero attached hydrogens (tertiary/aromatic N) is 3. The maximum atomic E-state index is 13.5. The van der Waals surface area contributed by atoms with Crippen LogP contribution in [0.15, 0.2) is 42.6 Å². The molecule has 3 aromatic rings. The Hall–Kier alpha value is -1.80. The topological polar surface area (TPSA) is 65.0 Å². The Labute approximate surface area is 182 Å². The molecule has 0 amide bonds. The molecule has 2 aromatic heterocycles. The fourth-order valence-corrected chi connectivity index (χ4v) is 4.30. The molecule has 1 saturated carbocycles. The Balaban J connectivity index is 2.06. The number of rotatable bonds is 6. The Morgan fingerprint density at radius 1 is 1.29 bits per heavy atom. The van der Waals surface area contributed by atoms with E-state index >= 15 is 0 Å². The van der Waals surface area contributed by atoms with Crippen LogP contribution in [0.2, 0.25) is 5.28 Å². The first kappa shape index (κ1) is 19.5. The molecule has 1 aliphatic rings. The van der Waals surface area contributed by atoms with Crippen LogP contribution >= 0.6 is 34.2 Å². The van der Waals surface area contributed by atoms with Crippen LogP contribution in [-0.4, -0.2) is 27.5 Å². The number of ether oxygens (including phenoxy) is 1. The monoisotopic (exact) mass is 507 g/mol. The first-order valence-corrected chi connectivity index (χ1v) is 10.7. The average Bonchev–Trinajstić information content (AvgIpc) is 3.51. The average molecular weight is 508 g/mol. The fraction of sp³-hybridized carbons (Fsp3) is 0.333. The van der Waals surface area contributed by atoms with Crippen LogP contribution < -0.4 is 0 Å². The zero-order valence-electron chi connectivity index (χ0n) is 15.4. The lowest BCUT2D eigenvalue weighted by molar-refractivity contribution is -0.149. The smallest absolute Gasteiger partial charge is 0.324 e. The van der Waals surface area contributed by atoms with Gasteiger partial charge in [-0.25, -0.2) is 9.97 Å². The molecule has 1 atom stereocenters. The second-order valence-electron chi connectivity index (χ2n) is 6.99. The van der Waals surface area contributed by atoms with Crippen molar-refractivity contribution in [3.63, 3.8) is 0 Å². The number of aromatic nitrogens is 3. The molecule has 0 N–H and O–H groups in total. The lowest BCUT2D eigenvalue weighted by atomic mass is 9.74. The lowest BCUT2D eigenvalue weighted by Crippen LogP contribution is -2.41. The zero-order chi connectivity index (χ0) is 19.7. The van der Waals surface area contributed by atoms with Gasteiger partial charge in [0, 0.05) is 15.2 Å². The van der Waals surface area contributed by atoms with Gasteiger partial charge in [-0.1, -0.05) is 18.9 Å². The van der Waals surface area contributed by atoms with Gasteiger partial charge >= 0.3 is 5.97 Å². The van der Waals surface area contributed by atoms with Crippen molar-refractivity contribution < 1.29 is 9.53 Å². The SMILES string of the molecule is CCOC(=O)C(CC1CC1)(c1ccccn1)c1nc(Cl)nc2ccc(I)cc12. The van der Waals surface area contributed by atoms with E-state index in [1.54, 1.807) is 6.20 Å². The minimum absolute atomic E-state index is 0.115. The summed E-state index contributed by atoms with van der Waals surface area (Å²) in [6.07, 6.45) is 4.46. The summed E-state index contributed by atoms with van der Waals surface area (Å²) in [5.74, 6) is 0.0912. The van der Waals surface area contributed by atoms with Crippen molar-refractivity contribution in [2.45, 2.75) is 31.6 Å². The van der Waals surface area contributed by atoms with E-state index in [1.807, 2.05) is 43.3 Å². The van der Waals surface area contributed by atoms with E-state index in [2.05, 4.69) is 37.5 Å². The maximum absolute atomic E-state index is 13.5. The first-order chi connectivity index (χ1) is 13.5. The van der Waals surface area contributed by atoms with Crippen LogP contribution in [0, 0.1) is 9.49 Å². The third-order valence-corrected chi connectivity index (χ3v) is 5.89. The fourth-order valence-electron chi connectivity index (χ4n) is 3.63.